The van der Waals surface area contributed by atoms with Crippen molar-refractivity contribution in [1.82, 2.24) is 9.55 Å². The molecule has 0 bridgehead atoms. The zero-order valence-corrected chi connectivity index (χ0v) is 23.6. The smallest absolute Gasteiger partial charge is 0.380 e. The molecule has 1 aromatic heterocycles. The van der Waals surface area contributed by atoms with Gasteiger partial charge in [0.05, 0.1) is 18.7 Å². The fraction of sp³-hybridized carbons (Fsp3) is 0.577. The molecule has 0 amide bonds. The number of hydrogen-bond acceptors (Lipinski definition) is 10. The Morgan fingerprint density at radius 3 is 2.62 bits per heavy atom. The zero-order chi connectivity index (χ0) is 28.2. The van der Waals surface area contributed by atoms with Crippen LogP contribution in [0.4, 0.5) is 0 Å². The number of nitrogens with one attached hydrogen (secondary N) is 1. The summed E-state index contributed by atoms with van der Waals surface area (Å²) in [5.74, 6) is -0.979. The van der Waals surface area contributed by atoms with Crippen LogP contribution in [0.25, 0.3) is 0 Å². The molecule has 214 valence electrons. The van der Waals surface area contributed by atoms with Crippen molar-refractivity contribution in [2.75, 3.05) is 12.8 Å². The van der Waals surface area contributed by atoms with Crippen LogP contribution in [-0.2, 0) is 23.4 Å². The van der Waals surface area contributed by atoms with Gasteiger partial charge in [-0.15, -0.1) is 0 Å². The van der Waals surface area contributed by atoms with Crippen LogP contribution in [0.1, 0.15) is 52.2 Å². The minimum absolute atomic E-state index is 0.00933. The van der Waals surface area contributed by atoms with Gasteiger partial charge in [-0.3, -0.25) is 23.7 Å². The van der Waals surface area contributed by atoms with E-state index < -0.39 is 55.7 Å². The van der Waals surface area contributed by atoms with Crippen LogP contribution < -0.4 is 10.1 Å². The van der Waals surface area contributed by atoms with E-state index in [1.807, 2.05) is 0 Å². The van der Waals surface area contributed by atoms with Gasteiger partial charge in [-0.25, -0.2) is 4.57 Å². The van der Waals surface area contributed by atoms with Crippen molar-refractivity contribution in [3.63, 3.8) is 0 Å². The fourth-order valence-corrected chi connectivity index (χ4v) is 6.94. The number of hydrogen-bond donors (Lipinski definition) is 3. The summed E-state index contributed by atoms with van der Waals surface area (Å²) in [6, 6.07) is 9.62. The largest absolute Gasteiger partial charge is 0.462 e. The van der Waals surface area contributed by atoms with Crippen molar-refractivity contribution in [2.24, 2.45) is 5.92 Å². The summed E-state index contributed by atoms with van der Waals surface area (Å²) in [6.07, 6.45) is 1.93. The molecule has 2 heterocycles. The first-order valence-corrected chi connectivity index (χ1v) is 15.2. The lowest BCUT2D eigenvalue weighted by Crippen LogP contribution is -2.44. The van der Waals surface area contributed by atoms with E-state index in [4.69, 9.17) is 30.7 Å². The summed E-state index contributed by atoms with van der Waals surface area (Å²) < 4.78 is 38.3. The standard InChI is InChI=1S/C26H35N2O9PS/c1-17(23(31)35-18-9-5-3-6-10-18)16-38(33,37-19-11-7-4-8-12-19)34-15-20-22(30)26(2,32)24(36-20)28-14-13-21(29)27-25(28)39/h4,7-8,11-14,17-18,20,22,24,30,32H,3,5-6,9-10,15-16H2,1-2H3,(H,27,29,39)/t17-,20-,22+,24-,26?,38?/m1/s1. The number of esters is 1. The highest BCUT2D eigenvalue weighted by molar-refractivity contribution is 7.71. The normalized spacial score (nSPS) is 27.9. The summed E-state index contributed by atoms with van der Waals surface area (Å²) >= 11 is 5.18. The second kappa shape index (κ2) is 12.4. The maximum atomic E-state index is 13.9. The number of H-pyrrole nitrogens is 1. The summed E-state index contributed by atoms with van der Waals surface area (Å²) in [5.41, 5.74) is -2.25. The number of aliphatic hydroxyl groups is 2. The first-order valence-electron chi connectivity index (χ1n) is 13.0. The topological polar surface area (TPSA) is 149 Å². The van der Waals surface area contributed by atoms with Crippen LogP contribution in [-0.4, -0.2) is 62.4 Å². The number of ether oxygens (including phenoxy) is 2. The molecule has 1 aliphatic heterocycles. The Labute approximate surface area is 231 Å². The molecular weight excluding hydrogens is 547 g/mol. The van der Waals surface area contributed by atoms with Crippen LogP contribution in [0.15, 0.2) is 47.4 Å². The first kappa shape index (κ1) is 29.6. The second-order valence-electron chi connectivity index (χ2n) is 10.3. The molecule has 2 unspecified atom stereocenters. The van der Waals surface area contributed by atoms with Crippen LogP contribution in [0.5, 0.6) is 5.75 Å². The van der Waals surface area contributed by atoms with Gasteiger partial charge in [0.15, 0.2) is 11.0 Å². The molecule has 0 radical (unpaired) electrons. The van der Waals surface area contributed by atoms with Crippen molar-refractivity contribution in [3.05, 3.63) is 57.7 Å². The molecule has 13 heteroatoms. The molecule has 39 heavy (non-hydrogen) atoms. The molecule has 2 aliphatic rings. The first-order chi connectivity index (χ1) is 18.5. The van der Waals surface area contributed by atoms with Crippen LogP contribution >= 0.6 is 19.8 Å². The quantitative estimate of drug-likeness (QED) is 0.215. The summed E-state index contributed by atoms with van der Waals surface area (Å²) in [7, 11) is -3.98. The van der Waals surface area contributed by atoms with Crippen LogP contribution in [0.3, 0.4) is 0 Å². The number of aliphatic hydroxyl groups excluding tert-OH is 1. The minimum Gasteiger partial charge on any atom is -0.462 e. The molecule has 6 atom stereocenters. The van der Waals surface area contributed by atoms with Gasteiger partial charge in [0.25, 0.3) is 5.56 Å². The van der Waals surface area contributed by atoms with E-state index in [0.717, 1.165) is 32.1 Å². The molecule has 1 saturated carbocycles. The SMILES string of the molecule is C[C@H](CP(=O)(OC[C@H]1O[C@@H](n2ccc(=O)[nH]c2=S)C(C)(O)[C@H]1O)Oc1ccccc1)C(=O)OC1CCCCC1. The summed E-state index contributed by atoms with van der Waals surface area (Å²) in [6.45, 7) is 2.55. The summed E-state index contributed by atoms with van der Waals surface area (Å²) in [4.78, 5) is 26.8. The third kappa shape index (κ3) is 7.25. The van der Waals surface area contributed by atoms with Crippen molar-refractivity contribution in [2.45, 2.75) is 76.1 Å². The van der Waals surface area contributed by atoms with Gasteiger partial charge in [-0.2, -0.15) is 0 Å². The van der Waals surface area contributed by atoms with E-state index in [0.29, 0.717) is 0 Å². The van der Waals surface area contributed by atoms with Crippen molar-refractivity contribution >= 4 is 25.8 Å². The molecule has 11 nitrogen and oxygen atoms in total. The number of rotatable bonds is 10. The predicted molar refractivity (Wildman–Crippen MR) is 144 cm³/mol. The highest BCUT2D eigenvalue weighted by Gasteiger charge is 2.53. The highest BCUT2D eigenvalue weighted by atomic mass is 32.1. The van der Waals surface area contributed by atoms with Crippen molar-refractivity contribution in [3.8, 4) is 5.75 Å². The number of carbonyl (C=O) groups is 1. The van der Waals surface area contributed by atoms with E-state index in [1.54, 1.807) is 37.3 Å². The molecule has 2 aromatic rings. The molecule has 0 spiro atoms. The highest BCUT2D eigenvalue weighted by Crippen LogP contribution is 2.51. The lowest BCUT2D eigenvalue weighted by molar-refractivity contribution is -0.154. The van der Waals surface area contributed by atoms with Gasteiger partial charge >= 0.3 is 13.6 Å². The van der Waals surface area contributed by atoms with Crippen molar-refractivity contribution in [1.29, 1.82) is 0 Å². The van der Waals surface area contributed by atoms with E-state index in [2.05, 4.69) is 4.98 Å². The number of carbonyl (C=O) groups excluding carboxylic acids is 1. The Bertz CT molecular complexity index is 1290. The molecule has 4 rings (SSSR count). The van der Waals surface area contributed by atoms with Gasteiger partial charge < -0.3 is 24.2 Å². The predicted octanol–water partition coefficient (Wildman–Crippen LogP) is 3.72. The molecule has 3 N–H and O–H groups in total. The Balaban J connectivity index is 1.48. The van der Waals surface area contributed by atoms with E-state index in [-0.39, 0.29) is 22.8 Å². The van der Waals surface area contributed by atoms with E-state index in [9.17, 15) is 24.4 Å². The third-order valence-corrected chi connectivity index (χ3v) is 9.36. The molecule has 1 aromatic carbocycles. The van der Waals surface area contributed by atoms with Gasteiger partial charge in [0.2, 0.25) is 0 Å². The Kier molecular flexibility index (Phi) is 9.46. The number of nitrogens with zero attached hydrogens (tertiary/aromatic N) is 1. The third-order valence-electron chi connectivity index (χ3n) is 7.02. The van der Waals surface area contributed by atoms with Crippen LogP contribution in [0, 0.1) is 10.7 Å². The summed E-state index contributed by atoms with van der Waals surface area (Å²) in [5, 5.41) is 21.9. The molecule has 1 saturated heterocycles. The van der Waals surface area contributed by atoms with Crippen LogP contribution in [0.2, 0.25) is 0 Å². The molecule has 1 aliphatic carbocycles. The Morgan fingerprint density at radius 2 is 1.95 bits per heavy atom. The minimum atomic E-state index is -3.98. The maximum Gasteiger partial charge on any atom is 0.380 e. The van der Waals surface area contributed by atoms with Gasteiger partial charge in [-0.1, -0.05) is 31.5 Å². The zero-order valence-electron chi connectivity index (χ0n) is 21.9. The average molecular weight is 583 g/mol. The Morgan fingerprint density at radius 1 is 1.26 bits per heavy atom. The fourth-order valence-electron chi connectivity index (χ4n) is 4.81. The number of aromatic amines is 1. The van der Waals surface area contributed by atoms with Gasteiger partial charge in [-0.05, 0) is 57.0 Å². The van der Waals surface area contributed by atoms with E-state index in [1.165, 1.54) is 23.8 Å². The number of para-hydroxylation sites is 1. The lowest BCUT2D eigenvalue weighted by Gasteiger charge is -2.28. The van der Waals surface area contributed by atoms with Crippen molar-refractivity contribution < 1.29 is 38.1 Å². The molecule has 2 fully saturated rings. The lowest BCUT2D eigenvalue weighted by atomic mass is 9.96. The van der Waals surface area contributed by atoms with E-state index >= 15 is 0 Å². The Hall–Kier alpha value is -2.34. The monoisotopic (exact) mass is 582 g/mol. The maximum absolute atomic E-state index is 13.9. The number of aromatic nitrogens is 2. The average Bonchev–Trinajstić information content (AvgIpc) is 3.12. The second-order valence-corrected chi connectivity index (χ2v) is 12.7. The van der Waals surface area contributed by atoms with Gasteiger partial charge in [0, 0.05) is 12.3 Å². The van der Waals surface area contributed by atoms with Gasteiger partial charge in [0.1, 0.15) is 29.7 Å². The molecular formula is C26H35N2O9PS. The number of benzene rings is 1.